The van der Waals surface area contributed by atoms with Crippen LogP contribution < -0.4 is 10.1 Å². The molecule has 6 heteroatoms. The molecule has 0 spiro atoms. The fourth-order valence-corrected chi connectivity index (χ4v) is 4.44. The first kappa shape index (κ1) is 27.0. The van der Waals surface area contributed by atoms with Crippen molar-refractivity contribution in [2.45, 2.75) is 25.4 Å². The topological polar surface area (TPSA) is 58.6 Å². The second kappa shape index (κ2) is 13.5. The van der Waals surface area contributed by atoms with Crippen molar-refractivity contribution in [1.82, 2.24) is 10.2 Å². The molecule has 2 amide bonds. The van der Waals surface area contributed by atoms with E-state index < -0.39 is 6.04 Å². The monoisotopic (exact) mass is 526 g/mol. The van der Waals surface area contributed by atoms with E-state index in [-0.39, 0.29) is 18.2 Å². The molecule has 0 aliphatic rings. The van der Waals surface area contributed by atoms with Crippen molar-refractivity contribution in [3.8, 4) is 5.75 Å². The fourth-order valence-electron chi connectivity index (χ4n) is 4.31. The van der Waals surface area contributed by atoms with Crippen LogP contribution in [0.15, 0.2) is 109 Å². The van der Waals surface area contributed by atoms with Gasteiger partial charge in [-0.25, -0.2) is 0 Å². The zero-order valence-electron chi connectivity index (χ0n) is 21.3. The molecule has 0 aromatic heterocycles. The van der Waals surface area contributed by atoms with Gasteiger partial charge in [0.15, 0.2) is 0 Å². The Balaban J connectivity index is 1.58. The summed E-state index contributed by atoms with van der Waals surface area (Å²) in [7, 11) is 1.63. The van der Waals surface area contributed by atoms with Crippen molar-refractivity contribution in [2.24, 2.45) is 0 Å². The van der Waals surface area contributed by atoms with Gasteiger partial charge in [-0.3, -0.25) is 9.59 Å². The molecule has 0 saturated heterocycles. The number of hydrogen-bond donors (Lipinski definition) is 1. The summed E-state index contributed by atoms with van der Waals surface area (Å²) >= 11 is 6.04. The number of hydrogen-bond acceptors (Lipinski definition) is 3. The SMILES string of the molecule is COc1ccc(CCNC(=O)[C@H](c2ccccc2)N(Cc2ccccc2)C(=O)Cc2ccc(Cl)cc2)cc1. The van der Waals surface area contributed by atoms with Gasteiger partial charge in [0.1, 0.15) is 11.8 Å². The largest absolute Gasteiger partial charge is 0.497 e. The maximum absolute atomic E-state index is 13.8. The minimum absolute atomic E-state index is 0.143. The molecule has 4 aromatic carbocycles. The Morgan fingerprint density at radius 3 is 2.03 bits per heavy atom. The number of carbonyl (C=O) groups is 2. The number of carbonyl (C=O) groups excluding carboxylic acids is 2. The lowest BCUT2D eigenvalue weighted by atomic mass is 10.0. The maximum atomic E-state index is 13.8. The Labute approximate surface area is 229 Å². The third-order valence-electron chi connectivity index (χ3n) is 6.33. The van der Waals surface area contributed by atoms with Gasteiger partial charge in [0.05, 0.1) is 13.5 Å². The predicted octanol–water partition coefficient (Wildman–Crippen LogP) is 6.02. The maximum Gasteiger partial charge on any atom is 0.247 e. The summed E-state index contributed by atoms with van der Waals surface area (Å²) in [6, 6.07) is 33.4. The van der Waals surface area contributed by atoms with E-state index >= 15 is 0 Å². The lowest BCUT2D eigenvalue weighted by Gasteiger charge is -2.32. The molecule has 0 heterocycles. The summed E-state index contributed by atoms with van der Waals surface area (Å²) in [5, 5.41) is 3.68. The quantitative estimate of drug-likeness (QED) is 0.260. The van der Waals surface area contributed by atoms with E-state index in [1.807, 2.05) is 97.1 Å². The third-order valence-corrected chi connectivity index (χ3v) is 6.58. The molecular weight excluding hydrogens is 496 g/mol. The molecule has 0 radical (unpaired) electrons. The van der Waals surface area contributed by atoms with E-state index in [0.717, 1.165) is 28.0 Å². The minimum Gasteiger partial charge on any atom is -0.497 e. The Bertz CT molecular complexity index is 1310. The predicted molar refractivity (Wildman–Crippen MR) is 151 cm³/mol. The Kier molecular flexibility index (Phi) is 9.54. The third kappa shape index (κ3) is 7.46. The summed E-state index contributed by atoms with van der Waals surface area (Å²) < 4.78 is 5.22. The number of rotatable bonds is 11. The van der Waals surface area contributed by atoms with Crippen LogP contribution in [0.4, 0.5) is 0 Å². The van der Waals surface area contributed by atoms with E-state index in [9.17, 15) is 9.59 Å². The molecule has 38 heavy (non-hydrogen) atoms. The molecule has 0 unspecified atom stereocenters. The molecule has 0 saturated carbocycles. The van der Waals surface area contributed by atoms with Crippen molar-refractivity contribution in [3.63, 3.8) is 0 Å². The molecule has 4 rings (SSSR count). The summed E-state index contributed by atoms with van der Waals surface area (Å²) in [5.74, 6) is 0.429. The van der Waals surface area contributed by atoms with E-state index in [2.05, 4.69) is 5.32 Å². The first-order valence-corrected chi connectivity index (χ1v) is 12.9. The first-order valence-electron chi connectivity index (χ1n) is 12.6. The molecule has 0 aliphatic heterocycles. The number of halogens is 1. The van der Waals surface area contributed by atoms with Crippen LogP contribution >= 0.6 is 11.6 Å². The van der Waals surface area contributed by atoms with Crippen molar-refractivity contribution in [2.75, 3.05) is 13.7 Å². The zero-order chi connectivity index (χ0) is 26.7. The smallest absolute Gasteiger partial charge is 0.247 e. The lowest BCUT2D eigenvalue weighted by Crippen LogP contribution is -2.44. The average Bonchev–Trinajstić information content (AvgIpc) is 2.95. The standard InChI is InChI=1S/C32H31ClN2O3/c1-38-29-18-14-24(15-19-29)20-21-34-32(37)31(27-10-6-3-7-11-27)35(23-26-8-4-2-5-9-26)30(36)22-25-12-16-28(33)17-13-25/h2-19,31H,20-23H2,1H3,(H,34,37)/t31-/m0/s1. The molecule has 194 valence electrons. The molecule has 5 nitrogen and oxygen atoms in total. The second-order valence-corrected chi connectivity index (χ2v) is 9.45. The molecule has 0 fully saturated rings. The second-order valence-electron chi connectivity index (χ2n) is 9.01. The number of nitrogens with one attached hydrogen (secondary N) is 1. The first-order chi connectivity index (χ1) is 18.5. The van der Waals surface area contributed by atoms with E-state index in [0.29, 0.717) is 24.5 Å². The van der Waals surface area contributed by atoms with Gasteiger partial charge in [-0.05, 0) is 52.9 Å². The molecule has 1 atom stereocenters. The van der Waals surface area contributed by atoms with Crippen molar-refractivity contribution in [3.05, 3.63) is 136 Å². The Morgan fingerprint density at radius 2 is 1.39 bits per heavy atom. The van der Waals surface area contributed by atoms with Crippen LogP contribution in [0.5, 0.6) is 5.75 Å². The highest BCUT2D eigenvalue weighted by atomic mass is 35.5. The number of nitrogens with zero attached hydrogens (tertiary/aromatic N) is 1. The van der Waals surface area contributed by atoms with Crippen LogP contribution in [-0.4, -0.2) is 30.4 Å². The van der Waals surface area contributed by atoms with Crippen LogP contribution in [0.3, 0.4) is 0 Å². The Morgan fingerprint density at radius 1 is 0.789 bits per heavy atom. The van der Waals surface area contributed by atoms with E-state index in [4.69, 9.17) is 16.3 Å². The van der Waals surface area contributed by atoms with Crippen molar-refractivity contribution >= 4 is 23.4 Å². The van der Waals surface area contributed by atoms with Gasteiger partial charge >= 0.3 is 0 Å². The highest BCUT2D eigenvalue weighted by Gasteiger charge is 2.31. The van der Waals surface area contributed by atoms with Gasteiger partial charge < -0.3 is 15.0 Å². The van der Waals surface area contributed by atoms with Gasteiger partial charge in [-0.15, -0.1) is 0 Å². The molecule has 4 aromatic rings. The normalized spacial score (nSPS) is 11.4. The number of ether oxygens (including phenoxy) is 1. The molecular formula is C32H31ClN2O3. The van der Waals surface area contributed by atoms with Gasteiger partial charge in [-0.1, -0.05) is 96.5 Å². The average molecular weight is 527 g/mol. The fraction of sp³-hybridized carbons (Fsp3) is 0.188. The van der Waals surface area contributed by atoms with Gasteiger partial charge in [0.25, 0.3) is 0 Å². The lowest BCUT2D eigenvalue weighted by molar-refractivity contribution is -0.141. The minimum atomic E-state index is -0.785. The number of benzene rings is 4. The van der Waals surface area contributed by atoms with Gasteiger partial charge in [0, 0.05) is 18.1 Å². The summed E-state index contributed by atoms with van der Waals surface area (Å²) in [4.78, 5) is 29.2. The van der Waals surface area contributed by atoms with Crippen LogP contribution in [0.1, 0.15) is 28.3 Å². The van der Waals surface area contributed by atoms with Crippen molar-refractivity contribution < 1.29 is 14.3 Å². The van der Waals surface area contributed by atoms with Gasteiger partial charge in [0.2, 0.25) is 11.8 Å². The number of methoxy groups -OCH3 is 1. The number of amides is 2. The zero-order valence-corrected chi connectivity index (χ0v) is 22.1. The summed E-state index contributed by atoms with van der Waals surface area (Å²) in [6.07, 6.45) is 0.821. The Hall–Kier alpha value is -4.09. The van der Waals surface area contributed by atoms with E-state index in [1.54, 1.807) is 24.1 Å². The van der Waals surface area contributed by atoms with Crippen LogP contribution in [0.25, 0.3) is 0 Å². The molecule has 0 bridgehead atoms. The highest BCUT2D eigenvalue weighted by molar-refractivity contribution is 6.30. The van der Waals surface area contributed by atoms with Crippen molar-refractivity contribution in [1.29, 1.82) is 0 Å². The molecule has 0 aliphatic carbocycles. The molecule has 1 N–H and O–H groups in total. The summed E-state index contributed by atoms with van der Waals surface area (Å²) in [6.45, 7) is 0.748. The van der Waals surface area contributed by atoms with E-state index in [1.165, 1.54) is 0 Å². The van der Waals surface area contributed by atoms with Crippen LogP contribution in [0, 0.1) is 0 Å². The highest BCUT2D eigenvalue weighted by Crippen LogP contribution is 2.25. The van der Waals surface area contributed by atoms with Crippen LogP contribution in [0.2, 0.25) is 5.02 Å². The van der Waals surface area contributed by atoms with Crippen LogP contribution in [-0.2, 0) is 29.0 Å². The van der Waals surface area contributed by atoms with Gasteiger partial charge in [-0.2, -0.15) is 0 Å². The summed E-state index contributed by atoms with van der Waals surface area (Å²) in [5.41, 5.74) is 3.63.